The molecule has 7 atom stereocenters. The molecule has 2 saturated carbocycles. The average Bonchev–Trinajstić information content (AvgIpc) is 3.00. The number of allylic oxidation sites excluding steroid dienone is 4. The highest BCUT2D eigenvalue weighted by atomic mass is 16.4. The molecule has 4 aliphatic rings. The van der Waals surface area contributed by atoms with E-state index in [0.717, 1.165) is 38.5 Å². The van der Waals surface area contributed by atoms with Gasteiger partial charge in [0.1, 0.15) is 0 Å². The number of aliphatic hydroxyl groups is 1. The van der Waals surface area contributed by atoms with Crippen molar-refractivity contribution in [3.8, 4) is 0 Å². The molecule has 2 fully saturated rings. The van der Waals surface area contributed by atoms with Crippen molar-refractivity contribution in [2.24, 2.45) is 34.5 Å². The van der Waals surface area contributed by atoms with E-state index in [-0.39, 0.29) is 41.5 Å². The number of aliphatic carboxylic acids is 1. The maximum atomic E-state index is 13.5. The average molecular weight is 387 g/mol. The Balaban J connectivity index is 1.66. The summed E-state index contributed by atoms with van der Waals surface area (Å²) in [6, 6.07) is 0. The van der Waals surface area contributed by atoms with Crippen LogP contribution in [0.5, 0.6) is 0 Å². The second-order valence-corrected chi connectivity index (χ2v) is 10.3. The van der Waals surface area contributed by atoms with Crippen LogP contribution in [0.25, 0.3) is 0 Å². The van der Waals surface area contributed by atoms with E-state index in [1.165, 1.54) is 11.1 Å². The van der Waals surface area contributed by atoms with Gasteiger partial charge in [0.25, 0.3) is 0 Å². The smallest absolute Gasteiger partial charge is 0.303 e. The Labute approximate surface area is 168 Å². The van der Waals surface area contributed by atoms with Crippen LogP contribution in [0.4, 0.5) is 0 Å². The summed E-state index contributed by atoms with van der Waals surface area (Å²) in [6.45, 7) is 6.57. The lowest BCUT2D eigenvalue weighted by molar-refractivity contribution is -0.137. The first-order valence-corrected chi connectivity index (χ1v) is 11.0. The van der Waals surface area contributed by atoms with Gasteiger partial charge in [-0.3, -0.25) is 9.59 Å². The van der Waals surface area contributed by atoms with Crippen molar-refractivity contribution in [3.05, 3.63) is 23.3 Å². The minimum atomic E-state index is -0.753. The Kier molecular flexibility index (Phi) is 4.85. The number of fused-ring (bicyclic) bond motifs is 5. The largest absolute Gasteiger partial charge is 0.481 e. The van der Waals surface area contributed by atoms with Crippen LogP contribution in [0.15, 0.2) is 23.3 Å². The van der Waals surface area contributed by atoms with Crippen LogP contribution in [-0.4, -0.2) is 28.1 Å². The second-order valence-electron chi connectivity index (χ2n) is 10.3. The lowest BCUT2D eigenvalue weighted by atomic mass is 9.51. The molecule has 0 aromatic carbocycles. The van der Waals surface area contributed by atoms with Gasteiger partial charge in [-0.1, -0.05) is 26.8 Å². The fraction of sp³-hybridized carbons (Fsp3) is 0.750. The molecule has 0 aromatic heterocycles. The Morgan fingerprint density at radius 1 is 1.29 bits per heavy atom. The summed E-state index contributed by atoms with van der Waals surface area (Å²) in [6.07, 6.45) is 10.6. The molecule has 28 heavy (non-hydrogen) atoms. The maximum Gasteiger partial charge on any atom is 0.303 e. The minimum absolute atomic E-state index is 0.00726. The number of carbonyl (C=O) groups excluding carboxylic acids is 1. The normalized spacial score (nSPS) is 43.4. The van der Waals surface area contributed by atoms with E-state index in [1.54, 1.807) is 0 Å². The molecule has 4 nitrogen and oxygen atoms in total. The highest BCUT2D eigenvalue weighted by molar-refractivity contribution is 5.99. The predicted molar refractivity (Wildman–Crippen MR) is 108 cm³/mol. The second kappa shape index (κ2) is 6.83. The van der Waals surface area contributed by atoms with Crippen LogP contribution >= 0.6 is 0 Å². The molecule has 4 heteroatoms. The molecule has 0 bridgehead atoms. The van der Waals surface area contributed by atoms with Crippen LogP contribution in [0.3, 0.4) is 0 Å². The van der Waals surface area contributed by atoms with Crippen LogP contribution in [0.2, 0.25) is 0 Å². The van der Waals surface area contributed by atoms with Gasteiger partial charge in [0.05, 0.1) is 6.10 Å². The van der Waals surface area contributed by atoms with Crippen molar-refractivity contribution in [2.75, 3.05) is 0 Å². The summed E-state index contributed by atoms with van der Waals surface area (Å²) in [5.41, 5.74) is 2.25. The quantitative estimate of drug-likeness (QED) is 0.744. The fourth-order valence-corrected chi connectivity index (χ4v) is 7.13. The summed E-state index contributed by atoms with van der Waals surface area (Å²) in [7, 11) is 0. The number of carbonyl (C=O) groups is 2. The van der Waals surface area contributed by atoms with Crippen LogP contribution in [0.1, 0.15) is 72.1 Å². The standard InChI is InChI=1S/C24H34O4/c1-14(4-9-22(27)28)18-7-8-19-17-6-5-15-12-16(25)10-11-23(15,2)20(17)13-21(26)24(18,19)3/h6,13-16,18-19,25H,4-5,7-12H2,1-3H3,(H,27,28)/t14-,15-,16-,18+,19-,23+,24-/m1/s1. The molecule has 0 spiro atoms. The third kappa shape index (κ3) is 2.82. The summed E-state index contributed by atoms with van der Waals surface area (Å²) in [4.78, 5) is 24.5. The molecule has 2 N–H and O–H groups in total. The summed E-state index contributed by atoms with van der Waals surface area (Å²) < 4.78 is 0. The van der Waals surface area contributed by atoms with E-state index in [0.29, 0.717) is 12.3 Å². The van der Waals surface area contributed by atoms with Gasteiger partial charge < -0.3 is 10.2 Å². The molecular weight excluding hydrogens is 352 g/mol. The van der Waals surface area contributed by atoms with Crippen LogP contribution < -0.4 is 0 Å². The Morgan fingerprint density at radius 3 is 2.75 bits per heavy atom. The van der Waals surface area contributed by atoms with Gasteiger partial charge in [-0.25, -0.2) is 0 Å². The highest BCUT2D eigenvalue weighted by Gasteiger charge is 2.58. The Hall–Kier alpha value is -1.42. The summed E-state index contributed by atoms with van der Waals surface area (Å²) >= 11 is 0. The first-order chi connectivity index (χ1) is 13.2. The van der Waals surface area contributed by atoms with Crippen LogP contribution in [0, 0.1) is 34.5 Å². The lowest BCUT2D eigenvalue weighted by Gasteiger charge is -2.52. The van der Waals surface area contributed by atoms with Gasteiger partial charge in [0, 0.05) is 11.8 Å². The number of carboxylic acid groups (broad SMARTS) is 1. The predicted octanol–water partition coefficient (Wildman–Crippen LogP) is 4.53. The van der Waals surface area contributed by atoms with E-state index < -0.39 is 11.4 Å². The number of rotatable bonds is 4. The van der Waals surface area contributed by atoms with Crippen molar-refractivity contribution in [2.45, 2.75) is 78.2 Å². The molecule has 0 unspecified atom stereocenters. The van der Waals surface area contributed by atoms with Gasteiger partial charge in [0.2, 0.25) is 0 Å². The molecule has 4 rings (SSSR count). The number of hydrogen-bond acceptors (Lipinski definition) is 3. The highest BCUT2D eigenvalue weighted by Crippen LogP contribution is 2.63. The number of ketones is 1. The zero-order valence-electron chi connectivity index (χ0n) is 17.4. The minimum Gasteiger partial charge on any atom is -0.481 e. The van der Waals surface area contributed by atoms with Crippen molar-refractivity contribution < 1.29 is 19.8 Å². The number of carboxylic acids is 1. The van der Waals surface area contributed by atoms with Crippen molar-refractivity contribution in [1.29, 1.82) is 0 Å². The molecule has 0 aromatic rings. The first kappa shape index (κ1) is 19.9. The molecule has 154 valence electrons. The summed E-state index contributed by atoms with van der Waals surface area (Å²) in [5.74, 6) is 0.681. The van der Waals surface area contributed by atoms with Gasteiger partial charge in [-0.15, -0.1) is 0 Å². The zero-order chi connectivity index (χ0) is 20.3. The van der Waals surface area contributed by atoms with E-state index in [1.807, 2.05) is 6.08 Å². The van der Waals surface area contributed by atoms with Crippen molar-refractivity contribution in [1.82, 2.24) is 0 Å². The van der Waals surface area contributed by atoms with E-state index >= 15 is 0 Å². The Morgan fingerprint density at radius 2 is 2.04 bits per heavy atom. The van der Waals surface area contributed by atoms with Gasteiger partial charge in [-0.2, -0.15) is 0 Å². The molecule has 0 amide bonds. The third-order valence-corrected chi connectivity index (χ3v) is 8.95. The number of hydrogen-bond donors (Lipinski definition) is 2. The summed E-state index contributed by atoms with van der Waals surface area (Å²) in [5, 5.41) is 19.2. The molecular formula is C24H34O4. The van der Waals surface area contributed by atoms with Gasteiger partial charge in [0.15, 0.2) is 5.78 Å². The number of aliphatic hydroxyl groups excluding tert-OH is 1. The molecule has 0 saturated heterocycles. The van der Waals surface area contributed by atoms with E-state index in [9.17, 15) is 14.7 Å². The maximum absolute atomic E-state index is 13.5. The molecule has 0 heterocycles. The molecule has 4 aliphatic carbocycles. The van der Waals surface area contributed by atoms with Gasteiger partial charge in [-0.05, 0) is 91.3 Å². The SMILES string of the molecule is C[C@H](CCC(=O)O)[C@@H]1CC[C@@H]2C3=CC[C@@H]4C[C@H](O)CC[C@]4(C)C3=CC(=O)[C@@]21C. The van der Waals surface area contributed by atoms with E-state index in [2.05, 4.69) is 26.8 Å². The van der Waals surface area contributed by atoms with Gasteiger partial charge >= 0.3 is 5.97 Å². The third-order valence-electron chi connectivity index (χ3n) is 8.95. The topological polar surface area (TPSA) is 74.6 Å². The van der Waals surface area contributed by atoms with Crippen molar-refractivity contribution in [3.63, 3.8) is 0 Å². The molecule has 0 radical (unpaired) electrons. The fourth-order valence-electron chi connectivity index (χ4n) is 7.13. The van der Waals surface area contributed by atoms with E-state index in [4.69, 9.17) is 5.11 Å². The van der Waals surface area contributed by atoms with Crippen LogP contribution in [-0.2, 0) is 9.59 Å². The lowest BCUT2D eigenvalue weighted by Crippen LogP contribution is -2.48. The Bertz CT molecular complexity index is 750. The first-order valence-electron chi connectivity index (χ1n) is 11.0. The van der Waals surface area contributed by atoms with Crippen molar-refractivity contribution >= 4 is 11.8 Å². The zero-order valence-corrected chi connectivity index (χ0v) is 17.4. The monoisotopic (exact) mass is 386 g/mol. The molecule has 0 aliphatic heterocycles.